The molecule has 0 radical (unpaired) electrons. The van der Waals surface area contributed by atoms with Crippen molar-refractivity contribution in [1.82, 2.24) is 24.6 Å². The molecule has 1 aliphatic rings. The first kappa shape index (κ1) is 20.8. The lowest BCUT2D eigenvalue weighted by molar-refractivity contribution is -0.133. The number of carbonyl (C=O) groups excluding carboxylic acids is 1. The third-order valence-corrected chi connectivity index (χ3v) is 5.17. The van der Waals surface area contributed by atoms with E-state index >= 15 is 0 Å². The largest absolute Gasteiger partial charge is 0.484 e. The molecule has 0 spiro atoms. The van der Waals surface area contributed by atoms with E-state index in [4.69, 9.17) is 4.74 Å². The van der Waals surface area contributed by atoms with Gasteiger partial charge >= 0.3 is 0 Å². The van der Waals surface area contributed by atoms with E-state index in [0.717, 1.165) is 23.0 Å². The average molecular weight is 424 g/mol. The lowest BCUT2D eigenvalue weighted by Crippen LogP contribution is -2.50. The minimum atomic E-state index is -0.337. The van der Waals surface area contributed by atoms with E-state index in [9.17, 15) is 9.18 Å². The standard InChI is InChI=1S/C22H25FN6O2/c1-15-12-16(2)29(26-15)21-13-20(24-17(3)25-21)27-8-10-28(11-9-27)22(30)14-31-19-6-4-18(23)5-7-19/h4-7,12-13H,8-11,14H2,1-3H3. The molecule has 8 nitrogen and oxygen atoms in total. The maximum absolute atomic E-state index is 13.0. The minimum absolute atomic E-state index is 0.0691. The Morgan fingerprint density at radius 2 is 1.68 bits per heavy atom. The second-order valence-corrected chi connectivity index (χ2v) is 7.58. The van der Waals surface area contributed by atoms with Gasteiger partial charge in [-0.2, -0.15) is 5.10 Å². The molecule has 1 fully saturated rings. The Labute approximate surface area is 180 Å². The zero-order valence-corrected chi connectivity index (χ0v) is 17.9. The third kappa shape index (κ3) is 4.82. The number of aromatic nitrogens is 4. The molecule has 3 heterocycles. The van der Waals surface area contributed by atoms with Crippen LogP contribution in [0.25, 0.3) is 5.82 Å². The van der Waals surface area contributed by atoms with Gasteiger partial charge in [0.15, 0.2) is 12.4 Å². The first-order valence-electron chi connectivity index (χ1n) is 10.2. The predicted octanol–water partition coefficient (Wildman–Crippen LogP) is 2.45. The highest BCUT2D eigenvalue weighted by Crippen LogP contribution is 2.19. The molecule has 1 amide bonds. The van der Waals surface area contributed by atoms with Gasteiger partial charge in [-0.25, -0.2) is 19.0 Å². The molecular weight excluding hydrogens is 399 g/mol. The highest BCUT2D eigenvalue weighted by atomic mass is 19.1. The molecule has 0 unspecified atom stereocenters. The number of ether oxygens (including phenoxy) is 1. The fourth-order valence-corrected chi connectivity index (χ4v) is 3.62. The molecule has 9 heteroatoms. The van der Waals surface area contributed by atoms with Gasteiger partial charge in [0.2, 0.25) is 0 Å². The lowest BCUT2D eigenvalue weighted by Gasteiger charge is -2.35. The molecule has 1 aliphatic heterocycles. The van der Waals surface area contributed by atoms with Crippen molar-refractivity contribution in [2.45, 2.75) is 20.8 Å². The van der Waals surface area contributed by atoms with Gasteiger partial charge in [-0.15, -0.1) is 0 Å². The molecule has 4 rings (SSSR count). The van der Waals surface area contributed by atoms with Crippen LogP contribution in [0.2, 0.25) is 0 Å². The normalized spacial score (nSPS) is 14.1. The molecule has 31 heavy (non-hydrogen) atoms. The van der Waals surface area contributed by atoms with Crippen LogP contribution in [-0.4, -0.2) is 63.3 Å². The van der Waals surface area contributed by atoms with Gasteiger partial charge in [0.1, 0.15) is 23.2 Å². The fourth-order valence-electron chi connectivity index (χ4n) is 3.62. The van der Waals surface area contributed by atoms with E-state index in [1.807, 2.05) is 37.6 Å². The summed E-state index contributed by atoms with van der Waals surface area (Å²) in [5.41, 5.74) is 1.95. The molecule has 0 aliphatic carbocycles. The van der Waals surface area contributed by atoms with E-state index in [0.29, 0.717) is 37.8 Å². The third-order valence-electron chi connectivity index (χ3n) is 5.17. The van der Waals surface area contributed by atoms with Crippen molar-refractivity contribution in [1.29, 1.82) is 0 Å². The van der Waals surface area contributed by atoms with Crippen molar-refractivity contribution in [2.24, 2.45) is 0 Å². The molecule has 0 saturated carbocycles. The Morgan fingerprint density at radius 3 is 2.32 bits per heavy atom. The number of aryl methyl sites for hydroxylation is 3. The van der Waals surface area contributed by atoms with Crippen molar-refractivity contribution in [3.05, 3.63) is 59.4 Å². The van der Waals surface area contributed by atoms with Gasteiger partial charge in [0, 0.05) is 37.9 Å². The fraction of sp³-hybridized carbons (Fsp3) is 0.364. The van der Waals surface area contributed by atoms with Crippen molar-refractivity contribution < 1.29 is 13.9 Å². The minimum Gasteiger partial charge on any atom is -0.484 e. The molecule has 0 atom stereocenters. The summed E-state index contributed by atoms with van der Waals surface area (Å²) in [5, 5.41) is 4.51. The number of piperazine rings is 1. The Hall–Kier alpha value is -3.49. The summed E-state index contributed by atoms with van der Waals surface area (Å²) < 4.78 is 20.3. The highest BCUT2D eigenvalue weighted by molar-refractivity contribution is 5.78. The van der Waals surface area contributed by atoms with Crippen molar-refractivity contribution in [2.75, 3.05) is 37.7 Å². The SMILES string of the molecule is Cc1cc(C)n(-c2cc(N3CCN(C(=O)COc4ccc(F)cc4)CC3)nc(C)n2)n1. The van der Waals surface area contributed by atoms with Crippen LogP contribution < -0.4 is 9.64 Å². The van der Waals surface area contributed by atoms with Crippen molar-refractivity contribution in [3.8, 4) is 11.6 Å². The van der Waals surface area contributed by atoms with Crippen LogP contribution in [0.4, 0.5) is 10.2 Å². The Balaban J connectivity index is 1.37. The lowest BCUT2D eigenvalue weighted by atomic mass is 10.3. The Kier molecular flexibility index (Phi) is 5.83. The number of benzene rings is 1. The van der Waals surface area contributed by atoms with Crippen molar-refractivity contribution in [3.63, 3.8) is 0 Å². The van der Waals surface area contributed by atoms with E-state index in [1.54, 1.807) is 4.90 Å². The van der Waals surface area contributed by atoms with Gasteiger partial charge in [-0.3, -0.25) is 4.79 Å². The van der Waals surface area contributed by atoms with Gasteiger partial charge in [0.05, 0.1) is 5.69 Å². The number of nitrogens with zero attached hydrogens (tertiary/aromatic N) is 6. The van der Waals surface area contributed by atoms with Crippen LogP contribution >= 0.6 is 0 Å². The van der Waals surface area contributed by atoms with Crippen LogP contribution in [0.15, 0.2) is 36.4 Å². The smallest absolute Gasteiger partial charge is 0.260 e. The molecule has 1 saturated heterocycles. The van der Waals surface area contributed by atoms with Gasteiger partial charge in [0.25, 0.3) is 5.91 Å². The summed E-state index contributed by atoms with van der Waals surface area (Å²) >= 11 is 0. The van der Waals surface area contributed by atoms with E-state index < -0.39 is 0 Å². The monoisotopic (exact) mass is 424 g/mol. The molecule has 3 aromatic rings. The Bertz CT molecular complexity index is 1070. The number of hydrogen-bond donors (Lipinski definition) is 0. The van der Waals surface area contributed by atoms with E-state index in [2.05, 4.69) is 20.0 Å². The van der Waals surface area contributed by atoms with Crippen LogP contribution in [0.3, 0.4) is 0 Å². The molecule has 162 valence electrons. The second-order valence-electron chi connectivity index (χ2n) is 7.58. The summed E-state index contributed by atoms with van der Waals surface area (Å²) in [6, 6.07) is 9.58. The van der Waals surface area contributed by atoms with Crippen LogP contribution in [0.5, 0.6) is 5.75 Å². The van der Waals surface area contributed by atoms with E-state index in [1.165, 1.54) is 24.3 Å². The maximum atomic E-state index is 13.0. The molecule has 2 aromatic heterocycles. The van der Waals surface area contributed by atoms with Crippen LogP contribution in [0.1, 0.15) is 17.2 Å². The zero-order chi connectivity index (χ0) is 22.0. The summed E-state index contributed by atoms with van der Waals surface area (Å²) in [6.45, 7) is 8.22. The Morgan fingerprint density at radius 1 is 1.00 bits per heavy atom. The quantitative estimate of drug-likeness (QED) is 0.626. The number of amides is 1. The van der Waals surface area contributed by atoms with Crippen molar-refractivity contribution >= 4 is 11.7 Å². The number of carbonyl (C=O) groups is 1. The maximum Gasteiger partial charge on any atom is 0.260 e. The zero-order valence-electron chi connectivity index (χ0n) is 17.9. The predicted molar refractivity (Wildman–Crippen MR) is 114 cm³/mol. The number of rotatable bonds is 5. The number of halogens is 1. The van der Waals surface area contributed by atoms with Crippen LogP contribution in [-0.2, 0) is 4.79 Å². The van der Waals surface area contributed by atoms with Crippen LogP contribution in [0, 0.1) is 26.6 Å². The summed E-state index contributed by atoms with van der Waals surface area (Å²) in [4.78, 5) is 25.5. The second kappa shape index (κ2) is 8.71. The first-order valence-corrected chi connectivity index (χ1v) is 10.2. The number of anilines is 1. The van der Waals surface area contributed by atoms with Gasteiger partial charge in [-0.1, -0.05) is 0 Å². The average Bonchev–Trinajstić information content (AvgIpc) is 3.11. The summed E-state index contributed by atoms with van der Waals surface area (Å²) in [5.74, 6) is 2.28. The topological polar surface area (TPSA) is 76.4 Å². The molecule has 1 aromatic carbocycles. The molecular formula is C22H25FN6O2. The first-order chi connectivity index (χ1) is 14.9. The summed E-state index contributed by atoms with van der Waals surface area (Å²) in [7, 11) is 0. The van der Waals surface area contributed by atoms with E-state index in [-0.39, 0.29) is 18.3 Å². The number of hydrogen-bond acceptors (Lipinski definition) is 6. The van der Waals surface area contributed by atoms with Gasteiger partial charge < -0.3 is 14.5 Å². The van der Waals surface area contributed by atoms with Gasteiger partial charge in [-0.05, 0) is 51.1 Å². The summed E-state index contributed by atoms with van der Waals surface area (Å²) in [6.07, 6.45) is 0. The molecule has 0 bridgehead atoms. The molecule has 0 N–H and O–H groups in total. The highest BCUT2D eigenvalue weighted by Gasteiger charge is 2.23.